The molecule has 0 spiro atoms. The summed E-state index contributed by atoms with van der Waals surface area (Å²) in [6.07, 6.45) is 2.66. The molecule has 2 aromatic rings. The average Bonchev–Trinajstić information content (AvgIpc) is 2.38. The quantitative estimate of drug-likeness (QED) is 0.860. The standard InChI is InChI=1S/C13H13N3O2/c1-9-4-2-3-5-11(9)15-7-12-10(13(17)18)6-14-8-16-12/h2-6,8,15H,7H2,1H3,(H,17,18). The van der Waals surface area contributed by atoms with Gasteiger partial charge in [-0.1, -0.05) is 18.2 Å². The minimum absolute atomic E-state index is 0.124. The van der Waals surface area contributed by atoms with E-state index in [0.717, 1.165) is 11.3 Å². The van der Waals surface area contributed by atoms with E-state index in [9.17, 15) is 4.79 Å². The number of anilines is 1. The van der Waals surface area contributed by atoms with Crippen LogP contribution in [0.4, 0.5) is 5.69 Å². The molecule has 0 saturated carbocycles. The SMILES string of the molecule is Cc1ccccc1NCc1ncncc1C(=O)O. The van der Waals surface area contributed by atoms with Gasteiger partial charge >= 0.3 is 5.97 Å². The zero-order valence-corrected chi connectivity index (χ0v) is 9.92. The molecule has 1 heterocycles. The molecule has 0 aliphatic heterocycles. The number of carbonyl (C=O) groups is 1. The lowest BCUT2D eigenvalue weighted by molar-refractivity contribution is 0.0694. The van der Waals surface area contributed by atoms with Crippen molar-refractivity contribution in [2.45, 2.75) is 13.5 Å². The minimum Gasteiger partial charge on any atom is -0.478 e. The first-order valence-corrected chi connectivity index (χ1v) is 5.50. The van der Waals surface area contributed by atoms with E-state index in [1.54, 1.807) is 0 Å². The molecule has 5 nitrogen and oxygen atoms in total. The number of nitrogens with one attached hydrogen (secondary N) is 1. The van der Waals surface area contributed by atoms with Gasteiger partial charge in [0, 0.05) is 11.9 Å². The lowest BCUT2D eigenvalue weighted by atomic mass is 10.2. The van der Waals surface area contributed by atoms with Gasteiger partial charge in [0.25, 0.3) is 0 Å². The molecule has 5 heteroatoms. The first-order chi connectivity index (χ1) is 8.68. The smallest absolute Gasteiger partial charge is 0.339 e. The number of carboxylic acid groups (broad SMARTS) is 1. The van der Waals surface area contributed by atoms with Gasteiger partial charge in [0.1, 0.15) is 11.9 Å². The number of nitrogens with zero attached hydrogens (tertiary/aromatic N) is 2. The van der Waals surface area contributed by atoms with Gasteiger partial charge in [0.15, 0.2) is 0 Å². The molecule has 0 saturated heterocycles. The number of aromatic nitrogens is 2. The maximum Gasteiger partial charge on any atom is 0.339 e. The van der Waals surface area contributed by atoms with Crippen LogP contribution >= 0.6 is 0 Å². The molecule has 1 aromatic carbocycles. The first-order valence-electron chi connectivity index (χ1n) is 5.50. The number of aryl methyl sites for hydroxylation is 1. The number of benzene rings is 1. The van der Waals surface area contributed by atoms with Gasteiger partial charge < -0.3 is 10.4 Å². The van der Waals surface area contributed by atoms with Crippen LogP contribution in [-0.4, -0.2) is 21.0 Å². The van der Waals surface area contributed by atoms with Crippen molar-refractivity contribution in [2.75, 3.05) is 5.32 Å². The normalized spacial score (nSPS) is 10.1. The van der Waals surface area contributed by atoms with E-state index in [2.05, 4.69) is 15.3 Å². The van der Waals surface area contributed by atoms with Crippen molar-refractivity contribution in [3.05, 3.63) is 53.6 Å². The zero-order valence-electron chi connectivity index (χ0n) is 9.92. The summed E-state index contributed by atoms with van der Waals surface area (Å²) < 4.78 is 0. The fraction of sp³-hybridized carbons (Fsp3) is 0.154. The largest absolute Gasteiger partial charge is 0.478 e. The lowest BCUT2D eigenvalue weighted by Crippen LogP contribution is -2.10. The summed E-state index contributed by atoms with van der Waals surface area (Å²) >= 11 is 0. The second-order valence-corrected chi connectivity index (χ2v) is 3.86. The number of para-hydroxylation sites is 1. The average molecular weight is 243 g/mol. The van der Waals surface area contributed by atoms with Crippen LogP contribution in [0.2, 0.25) is 0 Å². The van der Waals surface area contributed by atoms with Crippen LogP contribution in [0.1, 0.15) is 21.6 Å². The van der Waals surface area contributed by atoms with E-state index in [1.165, 1.54) is 12.5 Å². The lowest BCUT2D eigenvalue weighted by Gasteiger charge is -2.09. The Labute approximate surface area is 105 Å². The van der Waals surface area contributed by atoms with E-state index in [4.69, 9.17) is 5.11 Å². The highest BCUT2D eigenvalue weighted by molar-refractivity contribution is 5.88. The summed E-state index contributed by atoms with van der Waals surface area (Å²) in [5, 5.41) is 12.2. The molecule has 0 fully saturated rings. The fourth-order valence-electron chi connectivity index (χ4n) is 1.62. The third kappa shape index (κ3) is 2.63. The molecular weight excluding hydrogens is 230 g/mol. The highest BCUT2D eigenvalue weighted by Crippen LogP contribution is 2.14. The van der Waals surface area contributed by atoms with Crippen molar-refractivity contribution in [3.8, 4) is 0 Å². The molecule has 1 aromatic heterocycles. The third-order valence-electron chi connectivity index (χ3n) is 2.62. The van der Waals surface area contributed by atoms with Crippen molar-refractivity contribution >= 4 is 11.7 Å². The summed E-state index contributed by atoms with van der Waals surface area (Å²) in [5.41, 5.74) is 2.66. The molecule has 0 unspecified atom stereocenters. The van der Waals surface area contributed by atoms with Crippen molar-refractivity contribution < 1.29 is 9.90 Å². The molecule has 0 aliphatic carbocycles. The molecule has 0 atom stereocenters. The van der Waals surface area contributed by atoms with Crippen molar-refractivity contribution in [3.63, 3.8) is 0 Å². The summed E-state index contributed by atoms with van der Waals surface area (Å²) in [5.74, 6) is -1.02. The Balaban J connectivity index is 2.16. The molecule has 2 rings (SSSR count). The number of hydrogen-bond donors (Lipinski definition) is 2. The van der Waals surface area contributed by atoms with Gasteiger partial charge in [-0.15, -0.1) is 0 Å². The maximum atomic E-state index is 11.0. The first kappa shape index (κ1) is 12.0. The van der Waals surface area contributed by atoms with Crippen molar-refractivity contribution in [1.29, 1.82) is 0 Å². The van der Waals surface area contributed by atoms with Crippen molar-refractivity contribution in [2.24, 2.45) is 0 Å². The summed E-state index contributed by atoms with van der Waals surface area (Å²) in [7, 11) is 0. The Kier molecular flexibility index (Phi) is 3.52. The van der Waals surface area contributed by atoms with E-state index in [0.29, 0.717) is 12.2 Å². The van der Waals surface area contributed by atoms with Crippen LogP contribution in [-0.2, 0) is 6.54 Å². The Morgan fingerprint density at radius 3 is 2.89 bits per heavy atom. The molecule has 92 valence electrons. The zero-order chi connectivity index (χ0) is 13.0. The Bertz CT molecular complexity index is 570. The highest BCUT2D eigenvalue weighted by atomic mass is 16.4. The molecule has 0 bridgehead atoms. The molecule has 18 heavy (non-hydrogen) atoms. The minimum atomic E-state index is -1.02. The Hall–Kier alpha value is -2.43. The summed E-state index contributed by atoms with van der Waals surface area (Å²) in [6, 6.07) is 7.80. The molecule has 0 aliphatic rings. The number of aromatic carboxylic acids is 1. The number of hydrogen-bond acceptors (Lipinski definition) is 4. The van der Waals surface area contributed by atoms with Gasteiger partial charge in [-0.25, -0.2) is 14.8 Å². The molecule has 0 amide bonds. The fourth-order valence-corrected chi connectivity index (χ4v) is 1.62. The third-order valence-corrected chi connectivity index (χ3v) is 2.62. The van der Waals surface area contributed by atoms with E-state index < -0.39 is 5.97 Å². The second kappa shape index (κ2) is 5.27. The second-order valence-electron chi connectivity index (χ2n) is 3.86. The van der Waals surface area contributed by atoms with Crippen LogP contribution in [0.15, 0.2) is 36.8 Å². The monoisotopic (exact) mass is 243 g/mol. The number of carboxylic acids is 1. The van der Waals surface area contributed by atoms with Gasteiger partial charge in [-0.05, 0) is 18.6 Å². The summed E-state index contributed by atoms with van der Waals surface area (Å²) in [4.78, 5) is 18.7. The number of rotatable bonds is 4. The van der Waals surface area contributed by atoms with Gasteiger partial charge in [-0.3, -0.25) is 0 Å². The molecule has 0 radical (unpaired) electrons. The van der Waals surface area contributed by atoms with Crippen molar-refractivity contribution in [1.82, 2.24) is 9.97 Å². The Morgan fingerprint density at radius 2 is 2.17 bits per heavy atom. The van der Waals surface area contributed by atoms with E-state index >= 15 is 0 Å². The highest BCUT2D eigenvalue weighted by Gasteiger charge is 2.11. The predicted molar refractivity (Wildman–Crippen MR) is 67.5 cm³/mol. The van der Waals surface area contributed by atoms with E-state index in [-0.39, 0.29) is 5.56 Å². The Morgan fingerprint density at radius 1 is 1.39 bits per heavy atom. The van der Waals surface area contributed by atoms with Gasteiger partial charge in [0.05, 0.1) is 12.2 Å². The van der Waals surface area contributed by atoms with E-state index in [1.807, 2.05) is 31.2 Å². The van der Waals surface area contributed by atoms with Crippen LogP contribution < -0.4 is 5.32 Å². The van der Waals surface area contributed by atoms with Gasteiger partial charge in [0.2, 0.25) is 0 Å². The van der Waals surface area contributed by atoms with Crippen LogP contribution in [0.25, 0.3) is 0 Å². The summed E-state index contributed by atoms with van der Waals surface area (Å²) in [6.45, 7) is 2.34. The molecule has 2 N–H and O–H groups in total. The van der Waals surface area contributed by atoms with Crippen LogP contribution in [0.3, 0.4) is 0 Å². The van der Waals surface area contributed by atoms with Crippen LogP contribution in [0, 0.1) is 6.92 Å². The molecular formula is C13H13N3O2. The topological polar surface area (TPSA) is 75.1 Å². The van der Waals surface area contributed by atoms with Crippen LogP contribution in [0.5, 0.6) is 0 Å². The van der Waals surface area contributed by atoms with Gasteiger partial charge in [-0.2, -0.15) is 0 Å². The predicted octanol–water partition coefficient (Wildman–Crippen LogP) is 2.10. The maximum absolute atomic E-state index is 11.0.